The molecule has 0 aromatic carbocycles. The lowest BCUT2D eigenvalue weighted by Gasteiger charge is -2.21. The summed E-state index contributed by atoms with van der Waals surface area (Å²) in [5.41, 5.74) is 0. The fraction of sp³-hybridized carbons (Fsp3) is 0.857. The maximum absolute atomic E-state index is 12.0. The van der Waals surface area contributed by atoms with Crippen LogP contribution in [0.15, 0.2) is 0 Å². The molecule has 1 saturated heterocycles. The lowest BCUT2D eigenvalue weighted by Crippen LogP contribution is -2.42. The van der Waals surface area contributed by atoms with Crippen LogP contribution in [0.5, 0.6) is 0 Å². The van der Waals surface area contributed by atoms with Crippen molar-refractivity contribution in [1.82, 2.24) is 10.2 Å². The minimum Gasteiger partial charge on any atom is -0.481 e. The standard InChI is InChI=1S/C14H26N2O3/c1-3-4-5-11(2)15-14(19)16-9-8-12(10-16)6-7-13(17)18/h11-12H,3-10H2,1-2H3,(H,15,19)(H,17,18). The molecule has 2 unspecified atom stereocenters. The van der Waals surface area contributed by atoms with E-state index < -0.39 is 5.97 Å². The first-order valence-corrected chi connectivity index (χ1v) is 7.30. The average Bonchev–Trinajstić information content (AvgIpc) is 2.82. The first kappa shape index (κ1) is 15.8. The maximum Gasteiger partial charge on any atom is 0.317 e. The molecule has 1 fully saturated rings. The number of unbranched alkanes of at least 4 members (excludes halogenated alkanes) is 1. The molecule has 0 radical (unpaired) electrons. The smallest absolute Gasteiger partial charge is 0.317 e. The van der Waals surface area contributed by atoms with E-state index in [1.165, 1.54) is 0 Å². The van der Waals surface area contributed by atoms with Crippen LogP contribution >= 0.6 is 0 Å². The molecule has 2 N–H and O–H groups in total. The molecular formula is C14H26N2O3. The number of urea groups is 1. The molecule has 1 rings (SSSR count). The summed E-state index contributed by atoms with van der Waals surface area (Å²) < 4.78 is 0. The summed E-state index contributed by atoms with van der Waals surface area (Å²) in [6, 6.07) is 0.215. The minimum absolute atomic E-state index is 0.00132. The Labute approximate surface area is 115 Å². The predicted molar refractivity (Wildman–Crippen MR) is 74.1 cm³/mol. The van der Waals surface area contributed by atoms with Gasteiger partial charge < -0.3 is 15.3 Å². The van der Waals surface area contributed by atoms with Crippen LogP contribution < -0.4 is 5.32 Å². The molecule has 0 saturated carbocycles. The van der Waals surface area contributed by atoms with Crippen LogP contribution in [-0.2, 0) is 4.79 Å². The van der Waals surface area contributed by atoms with E-state index >= 15 is 0 Å². The number of nitrogens with zero attached hydrogens (tertiary/aromatic N) is 1. The monoisotopic (exact) mass is 270 g/mol. The highest BCUT2D eigenvalue weighted by Crippen LogP contribution is 2.21. The summed E-state index contributed by atoms with van der Waals surface area (Å²) in [5, 5.41) is 11.7. The van der Waals surface area contributed by atoms with Crippen molar-refractivity contribution in [2.45, 2.75) is 58.4 Å². The van der Waals surface area contributed by atoms with Crippen molar-refractivity contribution >= 4 is 12.0 Å². The summed E-state index contributed by atoms with van der Waals surface area (Å²) in [6.07, 6.45) is 5.07. The fourth-order valence-corrected chi connectivity index (χ4v) is 2.46. The normalized spacial score (nSPS) is 20.3. The number of rotatable bonds is 7. The molecule has 1 aliphatic rings. The Balaban J connectivity index is 2.25. The molecule has 0 aromatic heterocycles. The molecule has 0 spiro atoms. The summed E-state index contributed by atoms with van der Waals surface area (Å²) in [6.45, 7) is 5.61. The molecule has 0 aliphatic carbocycles. The lowest BCUT2D eigenvalue weighted by molar-refractivity contribution is -0.137. The number of carbonyl (C=O) groups excluding carboxylic acids is 1. The van der Waals surface area contributed by atoms with Gasteiger partial charge in [-0.25, -0.2) is 4.79 Å². The van der Waals surface area contributed by atoms with Crippen LogP contribution in [0.2, 0.25) is 0 Å². The number of likely N-dealkylation sites (tertiary alicyclic amines) is 1. The molecule has 2 amide bonds. The van der Waals surface area contributed by atoms with Crippen molar-refractivity contribution < 1.29 is 14.7 Å². The number of hydrogen-bond acceptors (Lipinski definition) is 2. The molecule has 1 heterocycles. The van der Waals surface area contributed by atoms with Gasteiger partial charge in [0.15, 0.2) is 0 Å². The molecule has 110 valence electrons. The largest absolute Gasteiger partial charge is 0.481 e. The van der Waals surface area contributed by atoms with E-state index in [1.807, 2.05) is 11.8 Å². The van der Waals surface area contributed by atoms with Crippen LogP contribution in [0.4, 0.5) is 4.79 Å². The van der Waals surface area contributed by atoms with Crippen molar-refractivity contribution in [3.63, 3.8) is 0 Å². The van der Waals surface area contributed by atoms with E-state index in [1.54, 1.807) is 0 Å². The second-order valence-corrected chi connectivity index (χ2v) is 5.53. The average molecular weight is 270 g/mol. The van der Waals surface area contributed by atoms with Crippen LogP contribution in [0.1, 0.15) is 52.4 Å². The van der Waals surface area contributed by atoms with E-state index in [2.05, 4.69) is 12.2 Å². The molecular weight excluding hydrogens is 244 g/mol. The minimum atomic E-state index is -0.754. The van der Waals surface area contributed by atoms with Crippen molar-refractivity contribution in [2.75, 3.05) is 13.1 Å². The molecule has 1 aliphatic heterocycles. The Bertz CT molecular complexity index is 307. The summed E-state index contributed by atoms with van der Waals surface area (Å²) in [5.74, 6) is -0.413. The molecule has 0 aromatic rings. The van der Waals surface area contributed by atoms with Gasteiger partial charge in [0.1, 0.15) is 0 Å². The van der Waals surface area contributed by atoms with Gasteiger partial charge in [0.25, 0.3) is 0 Å². The molecule has 19 heavy (non-hydrogen) atoms. The zero-order chi connectivity index (χ0) is 14.3. The van der Waals surface area contributed by atoms with Gasteiger partial charge in [-0.1, -0.05) is 19.8 Å². The lowest BCUT2D eigenvalue weighted by atomic mass is 10.0. The Morgan fingerprint density at radius 2 is 2.21 bits per heavy atom. The van der Waals surface area contributed by atoms with Crippen LogP contribution in [0.25, 0.3) is 0 Å². The van der Waals surface area contributed by atoms with Gasteiger partial charge in [0.2, 0.25) is 0 Å². The number of hydrogen-bond donors (Lipinski definition) is 2. The van der Waals surface area contributed by atoms with E-state index in [0.717, 1.165) is 32.2 Å². The van der Waals surface area contributed by atoms with Crippen LogP contribution in [0.3, 0.4) is 0 Å². The zero-order valence-corrected chi connectivity index (χ0v) is 12.0. The Hall–Kier alpha value is -1.26. The summed E-state index contributed by atoms with van der Waals surface area (Å²) in [7, 11) is 0. The van der Waals surface area contributed by atoms with Gasteiger partial charge in [-0.15, -0.1) is 0 Å². The quantitative estimate of drug-likeness (QED) is 0.746. The first-order chi connectivity index (χ1) is 9.02. The van der Waals surface area contributed by atoms with E-state index in [4.69, 9.17) is 5.11 Å². The van der Waals surface area contributed by atoms with E-state index in [0.29, 0.717) is 18.9 Å². The van der Waals surface area contributed by atoms with Gasteiger partial charge in [-0.2, -0.15) is 0 Å². The van der Waals surface area contributed by atoms with Crippen molar-refractivity contribution in [1.29, 1.82) is 0 Å². The second kappa shape index (κ2) is 8.02. The topological polar surface area (TPSA) is 69.6 Å². The number of carboxylic acid groups (broad SMARTS) is 1. The highest BCUT2D eigenvalue weighted by Gasteiger charge is 2.26. The highest BCUT2D eigenvalue weighted by atomic mass is 16.4. The Morgan fingerprint density at radius 3 is 2.84 bits per heavy atom. The summed E-state index contributed by atoms with van der Waals surface area (Å²) >= 11 is 0. The number of nitrogens with one attached hydrogen (secondary N) is 1. The number of aliphatic carboxylic acids is 1. The van der Waals surface area contributed by atoms with E-state index in [9.17, 15) is 9.59 Å². The molecule has 0 bridgehead atoms. The zero-order valence-electron chi connectivity index (χ0n) is 12.0. The highest BCUT2D eigenvalue weighted by molar-refractivity contribution is 5.74. The van der Waals surface area contributed by atoms with Crippen molar-refractivity contribution in [3.8, 4) is 0 Å². The van der Waals surface area contributed by atoms with Crippen molar-refractivity contribution in [2.24, 2.45) is 5.92 Å². The summed E-state index contributed by atoms with van der Waals surface area (Å²) in [4.78, 5) is 24.3. The van der Waals surface area contributed by atoms with Gasteiger partial charge in [-0.05, 0) is 32.1 Å². The number of carbonyl (C=O) groups is 2. The van der Waals surface area contributed by atoms with Crippen LogP contribution in [0, 0.1) is 5.92 Å². The Morgan fingerprint density at radius 1 is 1.47 bits per heavy atom. The number of amides is 2. The maximum atomic E-state index is 12.0. The third-order valence-corrected chi connectivity index (χ3v) is 3.70. The fourth-order valence-electron chi connectivity index (χ4n) is 2.46. The van der Waals surface area contributed by atoms with Gasteiger partial charge >= 0.3 is 12.0 Å². The van der Waals surface area contributed by atoms with Gasteiger partial charge in [0.05, 0.1) is 0 Å². The third-order valence-electron chi connectivity index (χ3n) is 3.70. The third kappa shape index (κ3) is 5.94. The number of carboxylic acids is 1. The molecule has 5 heteroatoms. The van der Waals surface area contributed by atoms with Crippen molar-refractivity contribution in [3.05, 3.63) is 0 Å². The first-order valence-electron chi connectivity index (χ1n) is 7.30. The Kier molecular flexibility index (Phi) is 6.67. The van der Waals surface area contributed by atoms with Gasteiger partial charge in [0, 0.05) is 25.6 Å². The second-order valence-electron chi connectivity index (χ2n) is 5.53. The molecule has 2 atom stereocenters. The van der Waals surface area contributed by atoms with Gasteiger partial charge in [-0.3, -0.25) is 4.79 Å². The van der Waals surface area contributed by atoms with E-state index in [-0.39, 0.29) is 18.5 Å². The SMILES string of the molecule is CCCCC(C)NC(=O)N1CCC(CCC(=O)O)C1. The predicted octanol–water partition coefficient (Wildman–Crippen LogP) is 2.46. The molecule has 5 nitrogen and oxygen atoms in total. The van der Waals surface area contributed by atoms with Crippen LogP contribution in [-0.4, -0.2) is 41.1 Å².